The molecule has 1 aromatic rings. The lowest BCUT2D eigenvalue weighted by molar-refractivity contribution is 0.0526. The fourth-order valence-electron chi connectivity index (χ4n) is 1.67. The van der Waals surface area contributed by atoms with E-state index in [4.69, 9.17) is 4.74 Å². The molecule has 0 bridgehead atoms. The lowest BCUT2D eigenvalue weighted by Gasteiger charge is -2.19. The third-order valence-corrected chi connectivity index (χ3v) is 2.72. The normalized spacial score (nSPS) is 10.8. The minimum atomic E-state index is -0.526. The molecule has 1 aromatic carbocycles. The van der Waals surface area contributed by atoms with Gasteiger partial charge in [-0.25, -0.2) is 4.79 Å². The molecule has 2 amide bonds. The average Bonchev–Trinajstić information content (AvgIpc) is 2.41. The van der Waals surface area contributed by atoms with Crippen LogP contribution in [0.15, 0.2) is 24.3 Å². The van der Waals surface area contributed by atoms with E-state index >= 15 is 0 Å². The number of benzene rings is 1. The zero-order valence-electron chi connectivity index (χ0n) is 13.9. The fraction of sp³-hybridized carbons (Fsp3) is 0.500. The second-order valence-corrected chi connectivity index (χ2v) is 6.13. The van der Waals surface area contributed by atoms with Crippen LogP contribution >= 0.6 is 0 Å². The predicted molar refractivity (Wildman–Crippen MR) is 87.3 cm³/mol. The summed E-state index contributed by atoms with van der Waals surface area (Å²) in [5.41, 5.74) is 1.09. The van der Waals surface area contributed by atoms with E-state index in [0.29, 0.717) is 18.7 Å². The molecule has 0 heterocycles. The van der Waals surface area contributed by atoms with Gasteiger partial charge in [-0.3, -0.25) is 4.79 Å². The molecule has 0 saturated heterocycles. The van der Waals surface area contributed by atoms with E-state index in [1.807, 2.05) is 31.1 Å². The summed E-state index contributed by atoms with van der Waals surface area (Å²) < 4.78 is 5.10. The summed E-state index contributed by atoms with van der Waals surface area (Å²) in [6.07, 6.45) is -0.489. The molecule has 0 atom stereocenters. The first-order chi connectivity index (χ1) is 10.2. The lowest BCUT2D eigenvalue weighted by atomic mass is 10.2. The molecular weight excluding hydrogens is 282 g/mol. The van der Waals surface area contributed by atoms with E-state index in [-0.39, 0.29) is 5.91 Å². The van der Waals surface area contributed by atoms with E-state index in [2.05, 4.69) is 10.6 Å². The molecule has 2 N–H and O–H groups in total. The quantitative estimate of drug-likeness (QED) is 0.816. The first-order valence-corrected chi connectivity index (χ1v) is 7.21. The van der Waals surface area contributed by atoms with Crippen molar-refractivity contribution in [1.82, 2.24) is 10.6 Å². The van der Waals surface area contributed by atoms with Crippen molar-refractivity contribution in [3.05, 3.63) is 29.8 Å². The van der Waals surface area contributed by atoms with Gasteiger partial charge in [-0.15, -0.1) is 0 Å². The summed E-state index contributed by atoms with van der Waals surface area (Å²) in [4.78, 5) is 25.3. The number of alkyl carbamates (subject to hydrolysis) is 1. The third-order valence-electron chi connectivity index (χ3n) is 2.72. The maximum Gasteiger partial charge on any atom is 0.407 e. The molecule has 6 heteroatoms. The Labute approximate surface area is 131 Å². The molecule has 22 heavy (non-hydrogen) atoms. The number of carbonyl (C=O) groups excluding carboxylic acids is 2. The summed E-state index contributed by atoms with van der Waals surface area (Å²) in [6.45, 7) is 6.05. The highest BCUT2D eigenvalue weighted by Gasteiger charge is 2.15. The van der Waals surface area contributed by atoms with Gasteiger partial charge in [0, 0.05) is 38.4 Å². The van der Waals surface area contributed by atoms with E-state index in [1.165, 1.54) is 0 Å². The van der Waals surface area contributed by atoms with Gasteiger partial charge in [0.25, 0.3) is 5.91 Å². The van der Waals surface area contributed by atoms with Crippen molar-refractivity contribution in [3.8, 4) is 0 Å². The zero-order chi connectivity index (χ0) is 16.8. The van der Waals surface area contributed by atoms with Crippen LogP contribution in [0.1, 0.15) is 31.1 Å². The van der Waals surface area contributed by atoms with Crippen LogP contribution in [0.25, 0.3) is 0 Å². The summed E-state index contributed by atoms with van der Waals surface area (Å²) in [7, 11) is 3.88. The molecule has 0 radical (unpaired) electrons. The van der Waals surface area contributed by atoms with Crippen LogP contribution in [0.4, 0.5) is 10.5 Å². The Kier molecular flexibility index (Phi) is 6.22. The van der Waals surface area contributed by atoms with Gasteiger partial charge in [-0.2, -0.15) is 0 Å². The second kappa shape index (κ2) is 7.68. The number of rotatable bonds is 5. The van der Waals surface area contributed by atoms with E-state index < -0.39 is 11.7 Å². The Bertz CT molecular complexity index is 504. The van der Waals surface area contributed by atoms with Crippen LogP contribution in [0.3, 0.4) is 0 Å². The fourth-order valence-corrected chi connectivity index (χ4v) is 1.67. The van der Waals surface area contributed by atoms with Crippen molar-refractivity contribution < 1.29 is 14.3 Å². The van der Waals surface area contributed by atoms with Crippen molar-refractivity contribution >= 4 is 17.7 Å². The number of anilines is 1. The number of hydrogen-bond donors (Lipinski definition) is 2. The van der Waals surface area contributed by atoms with Gasteiger partial charge in [-0.05, 0) is 45.0 Å². The van der Waals surface area contributed by atoms with E-state index in [1.54, 1.807) is 32.9 Å². The van der Waals surface area contributed by atoms with Gasteiger partial charge < -0.3 is 20.3 Å². The Morgan fingerprint density at radius 3 is 2.09 bits per heavy atom. The molecule has 0 fully saturated rings. The van der Waals surface area contributed by atoms with Crippen molar-refractivity contribution in [1.29, 1.82) is 0 Å². The summed E-state index contributed by atoms with van der Waals surface area (Å²) in [5, 5.41) is 5.33. The summed E-state index contributed by atoms with van der Waals surface area (Å²) in [5.74, 6) is -0.170. The van der Waals surface area contributed by atoms with Crippen molar-refractivity contribution in [3.63, 3.8) is 0 Å². The molecule has 0 aromatic heterocycles. The van der Waals surface area contributed by atoms with Crippen LogP contribution < -0.4 is 15.5 Å². The van der Waals surface area contributed by atoms with Crippen LogP contribution in [-0.2, 0) is 4.74 Å². The minimum absolute atomic E-state index is 0.170. The topological polar surface area (TPSA) is 70.7 Å². The Balaban J connectivity index is 2.33. The summed E-state index contributed by atoms with van der Waals surface area (Å²) in [6, 6.07) is 7.31. The molecule has 0 aliphatic carbocycles. The first-order valence-electron chi connectivity index (χ1n) is 7.21. The Morgan fingerprint density at radius 1 is 1.05 bits per heavy atom. The van der Waals surface area contributed by atoms with E-state index in [9.17, 15) is 9.59 Å². The zero-order valence-corrected chi connectivity index (χ0v) is 13.9. The van der Waals surface area contributed by atoms with Gasteiger partial charge in [0.15, 0.2) is 0 Å². The molecule has 122 valence electrons. The van der Waals surface area contributed by atoms with Gasteiger partial charge in [-0.1, -0.05) is 0 Å². The Hall–Kier alpha value is -2.24. The largest absolute Gasteiger partial charge is 0.444 e. The summed E-state index contributed by atoms with van der Waals surface area (Å²) >= 11 is 0. The third kappa shape index (κ3) is 6.47. The van der Waals surface area contributed by atoms with Gasteiger partial charge in [0.2, 0.25) is 0 Å². The van der Waals surface area contributed by atoms with Crippen LogP contribution in [0.5, 0.6) is 0 Å². The highest BCUT2D eigenvalue weighted by Crippen LogP contribution is 2.12. The number of ether oxygens (including phenoxy) is 1. The second-order valence-electron chi connectivity index (χ2n) is 6.13. The monoisotopic (exact) mass is 307 g/mol. The molecule has 0 saturated carbocycles. The van der Waals surface area contributed by atoms with Crippen LogP contribution in [0.2, 0.25) is 0 Å². The van der Waals surface area contributed by atoms with Gasteiger partial charge >= 0.3 is 6.09 Å². The SMILES string of the molecule is CN(C)c1ccc(C(=O)NCCNC(=O)OC(C)(C)C)cc1. The first kappa shape index (κ1) is 17.8. The lowest BCUT2D eigenvalue weighted by Crippen LogP contribution is -2.37. The predicted octanol–water partition coefficient (Wildman–Crippen LogP) is 2.01. The minimum Gasteiger partial charge on any atom is -0.444 e. The molecular formula is C16H25N3O3. The van der Waals surface area contributed by atoms with Crippen molar-refractivity contribution in [2.75, 3.05) is 32.1 Å². The molecule has 0 aliphatic rings. The molecule has 0 spiro atoms. The molecule has 0 aliphatic heterocycles. The number of nitrogens with one attached hydrogen (secondary N) is 2. The molecule has 6 nitrogen and oxygen atoms in total. The number of carbonyl (C=O) groups is 2. The smallest absolute Gasteiger partial charge is 0.407 e. The maximum absolute atomic E-state index is 11.9. The van der Waals surface area contributed by atoms with Crippen molar-refractivity contribution in [2.45, 2.75) is 26.4 Å². The van der Waals surface area contributed by atoms with Crippen molar-refractivity contribution in [2.24, 2.45) is 0 Å². The number of nitrogens with zero attached hydrogens (tertiary/aromatic N) is 1. The molecule has 0 unspecified atom stereocenters. The highest BCUT2D eigenvalue weighted by molar-refractivity contribution is 5.94. The number of hydrogen-bond acceptors (Lipinski definition) is 4. The molecule has 1 rings (SSSR count). The van der Waals surface area contributed by atoms with Crippen LogP contribution in [0, 0.1) is 0 Å². The van der Waals surface area contributed by atoms with Crippen LogP contribution in [-0.4, -0.2) is 44.8 Å². The maximum atomic E-state index is 11.9. The Morgan fingerprint density at radius 2 is 1.59 bits per heavy atom. The average molecular weight is 307 g/mol. The number of amides is 2. The van der Waals surface area contributed by atoms with Gasteiger partial charge in [0.1, 0.15) is 5.60 Å². The van der Waals surface area contributed by atoms with E-state index in [0.717, 1.165) is 5.69 Å². The highest BCUT2D eigenvalue weighted by atomic mass is 16.6. The van der Waals surface area contributed by atoms with Gasteiger partial charge in [0.05, 0.1) is 0 Å². The standard InChI is InChI=1S/C16H25N3O3/c1-16(2,3)22-15(21)18-11-10-17-14(20)12-6-8-13(9-7-12)19(4)5/h6-9H,10-11H2,1-5H3,(H,17,20)(H,18,21).